The number of nitrogens with one attached hydrogen (secondary N) is 1. The van der Waals surface area contributed by atoms with Gasteiger partial charge in [-0.2, -0.15) is 0 Å². The third kappa shape index (κ3) is 4.77. The van der Waals surface area contributed by atoms with Crippen molar-refractivity contribution in [3.8, 4) is 11.5 Å². The van der Waals surface area contributed by atoms with Crippen LogP contribution in [0.25, 0.3) is 0 Å². The first-order chi connectivity index (χ1) is 13.8. The molecule has 9 nitrogen and oxygen atoms in total. The largest absolute Gasteiger partial charge is 0.497 e. The minimum Gasteiger partial charge on any atom is -0.497 e. The van der Waals surface area contributed by atoms with Gasteiger partial charge in [0.2, 0.25) is 10.0 Å². The predicted octanol–water partition coefficient (Wildman–Crippen LogP) is 2.56. The van der Waals surface area contributed by atoms with Crippen LogP contribution in [0.5, 0.6) is 11.5 Å². The molecule has 1 saturated heterocycles. The number of ether oxygens (including phenoxy) is 2. The third-order valence-electron chi connectivity index (χ3n) is 4.91. The molecule has 0 saturated carbocycles. The van der Waals surface area contributed by atoms with Crippen LogP contribution in [0.3, 0.4) is 0 Å². The number of nitrogens with zero attached hydrogens (tertiary/aromatic N) is 2. The molecule has 10 heteroatoms. The third-order valence-corrected chi connectivity index (χ3v) is 6.43. The molecule has 0 spiro atoms. The van der Waals surface area contributed by atoms with Gasteiger partial charge in [0.1, 0.15) is 5.75 Å². The lowest BCUT2D eigenvalue weighted by Crippen LogP contribution is -2.44. The molecule has 0 amide bonds. The fourth-order valence-electron chi connectivity index (χ4n) is 3.32. The fraction of sp³-hybridized carbons (Fsp3) is 0.368. The minimum atomic E-state index is -3.88. The van der Waals surface area contributed by atoms with Crippen molar-refractivity contribution in [3.63, 3.8) is 0 Å². The van der Waals surface area contributed by atoms with Gasteiger partial charge in [-0.1, -0.05) is 0 Å². The standard InChI is InChI=1S/C19H23N3O6S/c1-27-16-5-3-15(4-6-16)21-11-9-14(10-12-21)20-29(25,26)17-7-8-19(28-2)18(13-17)22(23)24/h3-8,13-14,20H,9-12H2,1-2H3. The van der Waals surface area contributed by atoms with Crippen LogP contribution in [-0.4, -0.2) is 46.7 Å². The summed E-state index contributed by atoms with van der Waals surface area (Å²) in [5.74, 6) is 0.798. The zero-order chi connectivity index (χ0) is 21.0. The Balaban J connectivity index is 1.66. The van der Waals surface area contributed by atoms with E-state index < -0.39 is 14.9 Å². The lowest BCUT2D eigenvalue weighted by molar-refractivity contribution is -0.386. The van der Waals surface area contributed by atoms with Gasteiger partial charge in [0, 0.05) is 30.9 Å². The Morgan fingerprint density at radius 3 is 2.28 bits per heavy atom. The summed E-state index contributed by atoms with van der Waals surface area (Å²) in [6.45, 7) is 1.39. The number of nitro benzene ring substituents is 1. The Kier molecular flexibility index (Phi) is 6.23. The molecule has 2 aromatic rings. The normalized spacial score (nSPS) is 15.2. The summed E-state index contributed by atoms with van der Waals surface area (Å²) in [5, 5.41) is 11.2. The highest BCUT2D eigenvalue weighted by Gasteiger charge is 2.27. The molecule has 2 aromatic carbocycles. The smallest absolute Gasteiger partial charge is 0.312 e. The summed E-state index contributed by atoms with van der Waals surface area (Å²) in [4.78, 5) is 12.5. The van der Waals surface area contributed by atoms with Gasteiger partial charge in [0.05, 0.1) is 24.0 Å². The van der Waals surface area contributed by atoms with E-state index in [-0.39, 0.29) is 22.4 Å². The summed E-state index contributed by atoms with van der Waals surface area (Å²) in [5.41, 5.74) is 0.669. The molecule has 0 atom stereocenters. The van der Waals surface area contributed by atoms with Crippen LogP contribution >= 0.6 is 0 Å². The van der Waals surface area contributed by atoms with E-state index in [2.05, 4.69) is 9.62 Å². The van der Waals surface area contributed by atoms with Crippen LogP contribution in [0, 0.1) is 10.1 Å². The van der Waals surface area contributed by atoms with E-state index in [1.165, 1.54) is 19.2 Å². The molecule has 1 aliphatic rings. The molecule has 1 aliphatic heterocycles. The second-order valence-corrected chi connectivity index (χ2v) is 8.39. The zero-order valence-corrected chi connectivity index (χ0v) is 17.0. The van der Waals surface area contributed by atoms with E-state index in [1.807, 2.05) is 24.3 Å². The summed E-state index contributed by atoms with van der Waals surface area (Å²) >= 11 is 0. The Labute approximate surface area is 169 Å². The Bertz CT molecular complexity index is 970. The van der Waals surface area contributed by atoms with Crippen molar-refractivity contribution in [1.29, 1.82) is 0 Å². The molecule has 29 heavy (non-hydrogen) atoms. The average Bonchev–Trinajstić information content (AvgIpc) is 2.73. The molecule has 156 valence electrons. The highest BCUT2D eigenvalue weighted by molar-refractivity contribution is 7.89. The highest BCUT2D eigenvalue weighted by atomic mass is 32.2. The fourth-order valence-corrected chi connectivity index (χ4v) is 4.64. The van der Waals surface area contributed by atoms with Gasteiger partial charge in [0.25, 0.3) is 0 Å². The summed E-state index contributed by atoms with van der Waals surface area (Å²) in [6.07, 6.45) is 1.26. The second kappa shape index (κ2) is 8.66. The van der Waals surface area contributed by atoms with Gasteiger partial charge >= 0.3 is 5.69 Å². The molecule has 0 aromatic heterocycles. The lowest BCUT2D eigenvalue weighted by Gasteiger charge is -2.33. The van der Waals surface area contributed by atoms with Crippen LogP contribution in [0.2, 0.25) is 0 Å². The van der Waals surface area contributed by atoms with Crippen LogP contribution in [0.4, 0.5) is 11.4 Å². The molecule has 0 unspecified atom stereocenters. The van der Waals surface area contributed by atoms with Gasteiger partial charge in [0.15, 0.2) is 5.75 Å². The number of hydrogen-bond acceptors (Lipinski definition) is 7. The maximum Gasteiger partial charge on any atom is 0.312 e. The molecule has 0 radical (unpaired) electrons. The van der Waals surface area contributed by atoms with Crippen molar-refractivity contribution in [2.24, 2.45) is 0 Å². The Hall–Kier alpha value is -2.85. The first-order valence-corrected chi connectivity index (χ1v) is 10.6. The van der Waals surface area contributed by atoms with E-state index in [0.717, 1.165) is 17.5 Å². The van der Waals surface area contributed by atoms with E-state index in [9.17, 15) is 18.5 Å². The average molecular weight is 421 g/mol. The Morgan fingerprint density at radius 1 is 1.07 bits per heavy atom. The summed E-state index contributed by atoms with van der Waals surface area (Å²) in [7, 11) is -0.965. The second-order valence-electron chi connectivity index (χ2n) is 6.67. The van der Waals surface area contributed by atoms with Crippen LogP contribution in [0.15, 0.2) is 47.4 Å². The molecule has 1 N–H and O–H groups in total. The van der Waals surface area contributed by atoms with Gasteiger partial charge in [-0.3, -0.25) is 10.1 Å². The van der Waals surface area contributed by atoms with Gasteiger partial charge < -0.3 is 14.4 Å². The van der Waals surface area contributed by atoms with Gasteiger partial charge in [-0.25, -0.2) is 13.1 Å². The molecule has 0 bridgehead atoms. The van der Waals surface area contributed by atoms with Gasteiger partial charge in [-0.05, 0) is 49.2 Å². The number of methoxy groups -OCH3 is 2. The van der Waals surface area contributed by atoms with Gasteiger partial charge in [-0.15, -0.1) is 0 Å². The monoisotopic (exact) mass is 421 g/mol. The first-order valence-electron chi connectivity index (χ1n) is 9.08. The maximum atomic E-state index is 12.7. The number of anilines is 1. The molecule has 1 heterocycles. The summed E-state index contributed by atoms with van der Waals surface area (Å²) in [6, 6.07) is 11.1. The number of benzene rings is 2. The number of piperidine rings is 1. The zero-order valence-electron chi connectivity index (χ0n) is 16.2. The quantitative estimate of drug-likeness (QED) is 0.540. The van der Waals surface area contributed by atoms with E-state index >= 15 is 0 Å². The first kappa shape index (κ1) is 20.9. The van der Waals surface area contributed by atoms with Crippen LogP contribution in [-0.2, 0) is 10.0 Å². The Morgan fingerprint density at radius 2 is 1.72 bits per heavy atom. The molecular weight excluding hydrogens is 398 g/mol. The van der Waals surface area contributed by atoms with E-state index in [1.54, 1.807) is 7.11 Å². The molecular formula is C19H23N3O6S. The maximum absolute atomic E-state index is 12.7. The number of rotatable bonds is 7. The SMILES string of the molecule is COc1ccc(N2CCC(NS(=O)(=O)c3ccc(OC)c([N+](=O)[O-])c3)CC2)cc1. The number of hydrogen-bond donors (Lipinski definition) is 1. The van der Waals surface area contributed by atoms with Crippen molar-refractivity contribution >= 4 is 21.4 Å². The van der Waals surface area contributed by atoms with Crippen LogP contribution < -0.4 is 19.1 Å². The van der Waals surface area contributed by atoms with Crippen LogP contribution in [0.1, 0.15) is 12.8 Å². The molecule has 0 aliphatic carbocycles. The van der Waals surface area contributed by atoms with Crippen molar-refractivity contribution in [2.75, 3.05) is 32.2 Å². The van der Waals surface area contributed by atoms with Crippen molar-refractivity contribution < 1.29 is 22.8 Å². The minimum absolute atomic E-state index is 0.0155. The highest BCUT2D eigenvalue weighted by Crippen LogP contribution is 2.30. The topological polar surface area (TPSA) is 111 Å². The lowest BCUT2D eigenvalue weighted by atomic mass is 10.1. The number of nitro groups is 1. The van der Waals surface area contributed by atoms with E-state index in [0.29, 0.717) is 25.9 Å². The molecule has 1 fully saturated rings. The molecule has 3 rings (SSSR count). The van der Waals surface area contributed by atoms with E-state index in [4.69, 9.17) is 9.47 Å². The van der Waals surface area contributed by atoms with Crippen molar-refractivity contribution in [1.82, 2.24) is 4.72 Å². The van der Waals surface area contributed by atoms with Crippen molar-refractivity contribution in [2.45, 2.75) is 23.8 Å². The van der Waals surface area contributed by atoms with Crippen molar-refractivity contribution in [3.05, 3.63) is 52.6 Å². The number of sulfonamides is 1. The summed E-state index contributed by atoms with van der Waals surface area (Å²) < 4.78 is 38.1. The predicted molar refractivity (Wildman–Crippen MR) is 108 cm³/mol.